The minimum atomic E-state index is -4.77. The summed E-state index contributed by atoms with van der Waals surface area (Å²) in [6, 6.07) is 8.05. The van der Waals surface area contributed by atoms with E-state index in [-0.39, 0.29) is 5.75 Å². The number of hydrogen-bond acceptors (Lipinski definition) is 5. The second-order valence-corrected chi connectivity index (χ2v) is 8.13. The molecule has 0 atom stereocenters. The molecule has 0 amide bonds. The highest BCUT2D eigenvalue weighted by Gasteiger charge is 2.31. The molecular formula is C23H20F5N5O. The summed E-state index contributed by atoms with van der Waals surface area (Å²) in [5.41, 5.74) is 2.55. The molecule has 2 aromatic carbocycles. The summed E-state index contributed by atoms with van der Waals surface area (Å²) in [6.45, 7) is 3.58. The lowest BCUT2D eigenvalue weighted by atomic mass is 10.1. The fourth-order valence-corrected chi connectivity index (χ4v) is 4.26. The zero-order valence-corrected chi connectivity index (χ0v) is 17.9. The number of aromatic nitrogens is 3. The third kappa shape index (κ3) is 4.60. The van der Waals surface area contributed by atoms with Crippen molar-refractivity contribution in [3.8, 4) is 5.75 Å². The van der Waals surface area contributed by atoms with Gasteiger partial charge in [-0.15, -0.1) is 13.2 Å². The van der Waals surface area contributed by atoms with Crippen molar-refractivity contribution >= 4 is 27.8 Å². The van der Waals surface area contributed by atoms with Crippen LogP contribution in [0.4, 0.5) is 27.8 Å². The molecule has 2 aromatic heterocycles. The van der Waals surface area contributed by atoms with Crippen LogP contribution in [0.3, 0.4) is 0 Å². The average molecular weight is 477 g/mol. The summed E-state index contributed by atoms with van der Waals surface area (Å²) in [6.07, 6.45) is -2.76. The summed E-state index contributed by atoms with van der Waals surface area (Å²) in [7, 11) is 0. The molecule has 0 saturated carbocycles. The topological polar surface area (TPSA) is 57.3 Å². The van der Waals surface area contributed by atoms with Crippen molar-refractivity contribution < 1.29 is 26.7 Å². The van der Waals surface area contributed by atoms with Crippen LogP contribution >= 0.6 is 0 Å². The molecule has 0 aliphatic carbocycles. The molecule has 6 nitrogen and oxygen atoms in total. The van der Waals surface area contributed by atoms with Crippen molar-refractivity contribution in [2.24, 2.45) is 0 Å². The minimum absolute atomic E-state index is 0.310. The van der Waals surface area contributed by atoms with Gasteiger partial charge in [-0.2, -0.15) is 0 Å². The van der Waals surface area contributed by atoms with Gasteiger partial charge in [0.2, 0.25) is 0 Å². The number of H-pyrrole nitrogens is 1. The zero-order valence-electron chi connectivity index (χ0n) is 17.9. The summed E-state index contributed by atoms with van der Waals surface area (Å²) in [5, 5.41) is 0.519. The number of fused-ring (bicyclic) bond motifs is 3. The Kier molecular flexibility index (Phi) is 5.72. The third-order valence-corrected chi connectivity index (χ3v) is 5.94. The fourth-order valence-electron chi connectivity index (χ4n) is 4.26. The molecule has 1 fully saturated rings. The molecule has 11 heteroatoms. The van der Waals surface area contributed by atoms with E-state index in [1.165, 1.54) is 30.6 Å². The molecule has 0 spiro atoms. The molecule has 0 bridgehead atoms. The van der Waals surface area contributed by atoms with Gasteiger partial charge >= 0.3 is 6.36 Å². The van der Waals surface area contributed by atoms with Crippen LogP contribution in [0.2, 0.25) is 0 Å². The first kappa shape index (κ1) is 22.3. The molecule has 1 aliphatic rings. The molecule has 34 heavy (non-hydrogen) atoms. The van der Waals surface area contributed by atoms with E-state index in [0.717, 1.165) is 24.7 Å². The van der Waals surface area contributed by atoms with Gasteiger partial charge in [0.25, 0.3) is 0 Å². The highest BCUT2D eigenvalue weighted by atomic mass is 19.4. The summed E-state index contributed by atoms with van der Waals surface area (Å²) in [4.78, 5) is 16.3. The number of hydrogen-bond donors (Lipinski definition) is 1. The smallest absolute Gasteiger partial charge is 0.406 e. The first-order chi connectivity index (χ1) is 16.3. The van der Waals surface area contributed by atoms with E-state index in [4.69, 9.17) is 0 Å². The SMILES string of the molecule is Fc1ccc(CCN2CCN(c3ncnc4c3[nH]c3ccc(OC(F)(F)F)cc34)CC2)cc1F. The highest BCUT2D eigenvalue weighted by molar-refractivity contribution is 6.08. The van der Waals surface area contributed by atoms with Crippen LogP contribution in [0.15, 0.2) is 42.7 Å². The predicted octanol–water partition coefficient (Wildman–Crippen LogP) is 4.65. The zero-order chi connectivity index (χ0) is 23.9. The number of anilines is 1. The van der Waals surface area contributed by atoms with E-state index in [9.17, 15) is 22.0 Å². The highest BCUT2D eigenvalue weighted by Crippen LogP contribution is 2.33. The quantitative estimate of drug-likeness (QED) is 0.424. The van der Waals surface area contributed by atoms with Gasteiger partial charge < -0.3 is 14.6 Å². The Morgan fingerprint density at radius 1 is 0.941 bits per heavy atom. The van der Waals surface area contributed by atoms with Crippen molar-refractivity contribution in [2.75, 3.05) is 37.6 Å². The van der Waals surface area contributed by atoms with Crippen LogP contribution in [-0.4, -0.2) is 58.9 Å². The van der Waals surface area contributed by atoms with E-state index >= 15 is 0 Å². The van der Waals surface area contributed by atoms with Crippen LogP contribution in [0, 0.1) is 11.6 Å². The molecule has 1 aliphatic heterocycles. The monoisotopic (exact) mass is 477 g/mol. The summed E-state index contributed by atoms with van der Waals surface area (Å²) in [5.74, 6) is -1.32. The number of alkyl halides is 3. The summed E-state index contributed by atoms with van der Waals surface area (Å²) < 4.78 is 68.4. The number of aromatic amines is 1. The number of benzene rings is 2. The molecule has 1 N–H and O–H groups in total. The Balaban J connectivity index is 1.30. The fraction of sp³-hybridized carbons (Fsp3) is 0.304. The lowest BCUT2D eigenvalue weighted by Gasteiger charge is -2.35. The lowest BCUT2D eigenvalue weighted by molar-refractivity contribution is -0.274. The molecule has 3 heterocycles. The molecule has 1 saturated heterocycles. The maximum absolute atomic E-state index is 13.4. The van der Waals surface area contributed by atoms with Crippen molar-refractivity contribution in [1.29, 1.82) is 0 Å². The molecule has 0 unspecified atom stereocenters. The normalized spacial score (nSPS) is 15.4. The standard InChI is InChI=1S/C23H20F5N5O/c24-17-3-1-14(11-18(17)25)5-6-32-7-9-33(10-8-32)22-21-20(29-13-30-22)16-12-15(34-23(26,27)28)2-4-19(16)31-21/h1-4,11-13,31H,5-10H2. The Morgan fingerprint density at radius 2 is 1.74 bits per heavy atom. The van der Waals surface area contributed by atoms with E-state index in [1.54, 1.807) is 6.07 Å². The second-order valence-electron chi connectivity index (χ2n) is 8.13. The first-order valence-corrected chi connectivity index (χ1v) is 10.7. The Hall–Kier alpha value is -3.47. The van der Waals surface area contributed by atoms with Gasteiger partial charge in [-0.05, 0) is 42.3 Å². The number of halogens is 5. The van der Waals surface area contributed by atoms with Crippen molar-refractivity contribution in [3.05, 3.63) is 59.9 Å². The maximum Gasteiger partial charge on any atom is 0.573 e. The van der Waals surface area contributed by atoms with Crippen LogP contribution in [0.25, 0.3) is 21.9 Å². The van der Waals surface area contributed by atoms with Gasteiger partial charge in [0, 0.05) is 43.6 Å². The Labute approximate surface area is 191 Å². The number of piperazine rings is 1. The molecule has 0 radical (unpaired) electrons. The van der Waals surface area contributed by atoms with Crippen molar-refractivity contribution in [2.45, 2.75) is 12.8 Å². The first-order valence-electron chi connectivity index (χ1n) is 10.7. The van der Waals surface area contributed by atoms with Crippen molar-refractivity contribution in [1.82, 2.24) is 19.9 Å². The predicted molar refractivity (Wildman–Crippen MR) is 117 cm³/mol. The van der Waals surface area contributed by atoms with Gasteiger partial charge in [0.1, 0.15) is 23.1 Å². The van der Waals surface area contributed by atoms with Gasteiger partial charge in [0.15, 0.2) is 17.5 Å². The number of nitrogens with zero attached hydrogens (tertiary/aromatic N) is 4. The molecule has 4 aromatic rings. The molecule has 178 valence electrons. The van der Waals surface area contributed by atoms with Gasteiger partial charge in [-0.1, -0.05) is 6.07 Å². The van der Waals surface area contributed by atoms with Crippen molar-refractivity contribution in [3.63, 3.8) is 0 Å². The Morgan fingerprint density at radius 3 is 2.47 bits per heavy atom. The van der Waals surface area contributed by atoms with E-state index in [1.807, 2.05) is 0 Å². The van der Waals surface area contributed by atoms with Gasteiger partial charge in [0.05, 0.1) is 0 Å². The third-order valence-electron chi connectivity index (χ3n) is 5.94. The van der Waals surface area contributed by atoms with Crippen LogP contribution in [0.5, 0.6) is 5.75 Å². The number of ether oxygens (including phenoxy) is 1. The van der Waals surface area contributed by atoms with Crippen LogP contribution < -0.4 is 9.64 Å². The largest absolute Gasteiger partial charge is 0.573 e. The van der Waals surface area contributed by atoms with E-state index in [2.05, 4.69) is 29.5 Å². The van der Waals surface area contributed by atoms with E-state index < -0.39 is 18.0 Å². The second kappa shape index (κ2) is 8.71. The minimum Gasteiger partial charge on any atom is -0.406 e. The average Bonchev–Trinajstić information content (AvgIpc) is 3.17. The number of nitrogens with one attached hydrogen (secondary N) is 1. The number of rotatable bonds is 5. The van der Waals surface area contributed by atoms with Gasteiger partial charge in [-0.25, -0.2) is 18.7 Å². The Bertz CT molecular complexity index is 1330. The van der Waals surface area contributed by atoms with Gasteiger partial charge in [-0.3, -0.25) is 4.90 Å². The summed E-state index contributed by atoms with van der Waals surface area (Å²) >= 11 is 0. The van der Waals surface area contributed by atoms with Crippen LogP contribution in [-0.2, 0) is 6.42 Å². The van der Waals surface area contributed by atoms with Crippen LogP contribution in [0.1, 0.15) is 5.56 Å². The van der Waals surface area contributed by atoms with E-state index in [0.29, 0.717) is 53.8 Å². The molecule has 5 rings (SSSR count). The molecular weight excluding hydrogens is 457 g/mol. The maximum atomic E-state index is 13.4. The lowest BCUT2D eigenvalue weighted by Crippen LogP contribution is -2.47.